The first kappa shape index (κ1) is 16.4. The molecule has 2 aromatic heterocycles. The van der Waals surface area contributed by atoms with Crippen molar-refractivity contribution in [2.24, 2.45) is 5.92 Å². The zero-order valence-corrected chi connectivity index (χ0v) is 14.5. The summed E-state index contributed by atoms with van der Waals surface area (Å²) >= 11 is 0. The van der Waals surface area contributed by atoms with E-state index in [1.807, 2.05) is 25.1 Å². The summed E-state index contributed by atoms with van der Waals surface area (Å²) in [6, 6.07) is 6.17. The Bertz CT molecular complexity index is 725. The molecule has 25 heavy (non-hydrogen) atoms. The molecule has 2 aromatic rings. The third-order valence-corrected chi connectivity index (χ3v) is 5.23. The van der Waals surface area contributed by atoms with E-state index in [9.17, 15) is 5.11 Å². The lowest BCUT2D eigenvalue weighted by molar-refractivity contribution is -0.0438. The van der Waals surface area contributed by atoms with Gasteiger partial charge in [0.25, 0.3) is 0 Å². The number of pyridine rings is 1. The predicted octanol–water partition coefficient (Wildman–Crippen LogP) is 2.21. The van der Waals surface area contributed by atoms with Crippen molar-refractivity contribution >= 4 is 5.82 Å². The fourth-order valence-corrected chi connectivity index (χ4v) is 3.97. The third-order valence-electron chi connectivity index (χ3n) is 5.23. The van der Waals surface area contributed by atoms with E-state index in [-0.39, 0.29) is 18.1 Å². The molecule has 0 spiro atoms. The second-order valence-electron chi connectivity index (χ2n) is 6.92. The number of hydrogen-bond donors (Lipinski definition) is 1. The van der Waals surface area contributed by atoms with Gasteiger partial charge in [0.1, 0.15) is 5.82 Å². The highest BCUT2D eigenvalue weighted by Crippen LogP contribution is 2.33. The number of rotatable bonds is 3. The number of hydrogen-bond acceptors (Lipinski definition) is 6. The quantitative estimate of drug-likeness (QED) is 0.924. The van der Waals surface area contributed by atoms with Gasteiger partial charge in [0.2, 0.25) is 0 Å². The molecule has 2 aliphatic rings. The highest BCUT2D eigenvalue weighted by molar-refractivity contribution is 5.57. The van der Waals surface area contributed by atoms with Crippen LogP contribution < -0.4 is 4.90 Å². The number of aliphatic hydroxyl groups excluding tert-OH is 1. The molecule has 4 rings (SSSR count). The summed E-state index contributed by atoms with van der Waals surface area (Å²) in [6.07, 6.45) is 6.13. The van der Waals surface area contributed by atoms with Crippen molar-refractivity contribution in [3.63, 3.8) is 0 Å². The lowest BCUT2D eigenvalue weighted by Gasteiger charge is -2.37. The van der Waals surface area contributed by atoms with Crippen molar-refractivity contribution in [3.8, 4) is 11.4 Å². The lowest BCUT2D eigenvalue weighted by atomic mass is 9.89. The molecule has 0 aliphatic carbocycles. The van der Waals surface area contributed by atoms with E-state index in [1.54, 1.807) is 12.4 Å². The second kappa shape index (κ2) is 7.06. The molecule has 0 aromatic carbocycles. The zero-order valence-electron chi connectivity index (χ0n) is 14.5. The number of nitrogens with zero attached hydrogens (tertiary/aromatic N) is 4. The molecule has 3 atom stereocenters. The zero-order chi connectivity index (χ0) is 17.2. The average molecular weight is 340 g/mol. The number of aliphatic hydroxyl groups is 1. The summed E-state index contributed by atoms with van der Waals surface area (Å²) < 4.78 is 5.64. The first-order valence-electron chi connectivity index (χ1n) is 9.01. The summed E-state index contributed by atoms with van der Waals surface area (Å²) in [5.74, 6) is 1.82. The molecule has 2 fully saturated rings. The van der Waals surface area contributed by atoms with Crippen molar-refractivity contribution in [2.75, 3.05) is 24.7 Å². The van der Waals surface area contributed by atoms with Gasteiger partial charge in [-0.05, 0) is 38.3 Å². The minimum atomic E-state index is -0.290. The van der Waals surface area contributed by atoms with Crippen LogP contribution in [-0.4, -0.2) is 52.0 Å². The smallest absolute Gasteiger partial charge is 0.161 e. The van der Waals surface area contributed by atoms with Gasteiger partial charge in [0.05, 0.1) is 12.7 Å². The Morgan fingerprint density at radius 2 is 2.04 bits per heavy atom. The minimum absolute atomic E-state index is 0.149. The maximum atomic E-state index is 10.4. The van der Waals surface area contributed by atoms with E-state index in [0.29, 0.717) is 13.2 Å². The summed E-state index contributed by atoms with van der Waals surface area (Å²) in [5, 5.41) is 10.4. The van der Waals surface area contributed by atoms with E-state index in [0.717, 1.165) is 48.7 Å². The highest BCUT2D eigenvalue weighted by Gasteiger charge is 2.38. The molecule has 4 heterocycles. The van der Waals surface area contributed by atoms with Gasteiger partial charge in [-0.25, -0.2) is 9.97 Å². The van der Waals surface area contributed by atoms with Crippen LogP contribution in [0.1, 0.15) is 25.0 Å². The molecule has 1 N–H and O–H groups in total. The Balaban J connectivity index is 1.65. The van der Waals surface area contributed by atoms with Gasteiger partial charge in [-0.2, -0.15) is 0 Å². The highest BCUT2D eigenvalue weighted by atomic mass is 16.5. The summed E-state index contributed by atoms with van der Waals surface area (Å²) in [5.41, 5.74) is 1.92. The van der Waals surface area contributed by atoms with Crippen molar-refractivity contribution in [1.82, 2.24) is 15.0 Å². The largest absolute Gasteiger partial charge is 0.393 e. The van der Waals surface area contributed by atoms with Gasteiger partial charge < -0.3 is 14.7 Å². The molecule has 132 valence electrons. The molecule has 0 unspecified atom stereocenters. The van der Waals surface area contributed by atoms with E-state index in [4.69, 9.17) is 9.72 Å². The summed E-state index contributed by atoms with van der Waals surface area (Å²) in [7, 11) is 0. The van der Waals surface area contributed by atoms with Crippen molar-refractivity contribution in [3.05, 3.63) is 36.3 Å². The maximum absolute atomic E-state index is 10.4. The minimum Gasteiger partial charge on any atom is -0.393 e. The Morgan fingerprint density at radius 3 is 2.84 bits per heavy atom. The molecule has 6 heteroatoms. The fraction of sp³-hybridized carbons (Fsp3) is 0.526. The van der Waals surface area contributed by atoms with Crippen molar-refractivity contribution < 1.29 is 9.84 Å². The molecular formula is C19H24N4O2. The van der Waals surface area contributed by atoms with E-state index < -0.39 is 0 Å². The van der Waals surface area contributed by atoms with Crippen LogP contribution in [0.5, 0.6) is 0 Å². The van der Waals surface area contributed by atoms with Crippen LogP contribution >= 0.6 is 0 Å². The van der Waals surface area contributed by atoms with Crippen LogP contribution in [0.2, 0.25) is 0 Å². The van der Waals surface area contributed by atoms with Crippen LogP contribution in [0.25, 0.3) is 11.4 Å². The molecule has 2 aliphatic heterocycles. The van der Waals surface area contributed by atoms with Crippen molar-refractivity contribution in [1.29, 1.82) is 0 Å². The SMILES string of the molecule is Cc1cc(N2CCC[C@@H]2[C@@H]2COCC[C@H]2O)nc(-c2ccncc2)n1. The van der Waals surface area contributed by atoms with Gasteiger partial charge in [-0.3, -0.25) is 4.98 Å². The van der Waals surface area contributed by atoms with Gasteiger partial charge >= 0.3 is 0 Å². The topological polar surface area (TPSA) is 71.4 Å². The normalized spacial score (nSPS) is 26.8. The molecule has 0 saturated carbocycles. The molecule has 2 saturated heterocycles. The lowest BCUT2D eigenvalue weighted by Crippen LogP contribution is -2.46. The van der Waals surface area contributed by atoms with Gasteiger partial charge in [-0.1, -0.05) is 0 Å². The van der Waals surface area contributed by atoms with Gasteiger partial charge in [-0.15, -0.1) is 0 Å². The molecule has 0 amide bonds. The fourth-order valence-electron chi connectivity index (χ4n) is 3.97. The van der Waals surface area contributed by atoms with Gasteiger partial charge in [0.15, 0.2) is 5.82 Å². The number of ether oxygens (including phenoxy) is 1. The number of aryl methyl sites for hydroxylation is 1. The monoisotopic (exact) mass is 340 g/mol. The standard InChI is InChI=1S/C19H24N4O2/c1-13-11-18(22-19(21-13)14-4-7-20-8-5-14)23-9-2-3-16(23)15-12-25-10-6-17(15)24/h4-5,7-8,11,15-17,24H,2-3,6,9-10,12H2,1H3/t15-,16+,17+/m0/s1. The Labute approximate surface area is 147 Å². The van der Waals surface area contributed by atoms with Crippen LogP contribution in [0.4, 0.5) is 5.82 Å². The first-order chi connectivity index (χ1) is 12.2. The van der Waals surface area contributed by atoms with E-state index in [1.165, 1.54) is 0 Å². The molecule has 0 radical (unpaired) electrons. The predicted molar refractivity (Wildman–Crippen MR) is 95.3 cm³/mol. The van der Waals surface area contributed by atoms with Crippen LogP contribution in [0, 0.1) is 12.8 Å². The maximum Gasteiger partial charge on any atom is 0.161 e. The summed E-state index contributed by atoms with van der Waals surface area (Å²) in [6.45, 7) is 4.24. The average Bonchev–Trinajstić information content (AvgIpc) is 3.12. The third kappa shape index (κ3) is 3.37. The first-order valence-corrected chi connectivity index (χ1v) is 9.01. The number of aromatic nitrogens is 3. The Kier molecular flexibility index (Phi) is 4.63. The number of anilines is 1. The molecule has 6 nitrogen and oxygen atoms in total. The van der Waals surface area contributed by atoms with E-state index >= 15 is 0 Å². The summed E-state index contributed by atoms with van der Waals surface area (Å²) in [4.78, 5) is 15.8. The molecular weight excluding hydrogens is 316 g/mol. The Hall–Kier alpha value is -2.05. The van der Waals surface area contributed by atoms with E-state index in [2.05, 4.69) is 14.9 Å². The van der Waals surface area contributed by atoms with Gasteiger partial charge in [0, 0.05) is 54.8 Å². The molecule has 0 bridgehead atoms. The van der Waals surface area contributed by atoms with Crippen LogP contribution in [0.3, 0.4) is 0 Å². The van der Waals surface area contributed by atoms with Crippen LogP contribution in [-0.2, 0) is 4.74 Å². The van der Waals surface area contributed by atoms with Crippen molar-refractivity contribution in [2.45, 2.75) is 38.3 Å². The second-order valence-corrected chi connectivity index (χ2v) is 6.92. The van der Waals surface area contributed by atoms with Crippen LogP contribution in [0.15, 0.2) is 30.6 Å². The Morgan fingerprint density at radius 1 is 1.20 bits per heavy atom.